The van der Waals surface area contributed by atoms with E-state index in [9.17, 15) is 18.4 Å². The highest BCUT2D eigenvalue weighted by Gasteiger charge is 2.34. The van der Waals surface area contributed by atoms with Gasteiger partial charge in [-0.25, -0.2) is 18.4 Å². The van der Waals surface area contributed by atoms with E-state index in [1.807, 2.05) is 0 Å². The monoisotopic (exact) mass is 366 g/mol. The van der Waals surface area contributed by atoms with Gasteiger partial charge in [-0.2, -0.15) is 0 Å². The molecular formula is C11H9BrF2N2O3S. The van der Waals surface area contributed by atoms with Crippen molar-refractivity contribution in [3.8, 4) is 0 Å². The first-order valence-corrected chi connectivity index (χ1v) is 7.37. The molecule has 2 rings (SSSR count). The molecule has 108 valence electrons. The Morgan fingerprint density at radius 3 is 2.75 bits per heavy atom. The summed E-state index contributed by atoms with van der Waals surface area (Å²) in [7, 11) is 0. The number of carbonyl (C=O) groups is 2. The Morgan fingerprint density at radius 1 is 1.40 bits per heavy atom. The second-order valence-electron chi connectivity index (χ2n) is 4.00. The molecule has 5 nitrogen and oxygen atoms in total. The van der Waals surface area contributed by atoms with Crippen LogP contribution in [0.25, 0.3) is 0 Å². The molecule has 1 fully saturated rings. The molecule has 0 aromatic heterocycles. The second-order valence-corrected chi connectivity index (χ2v) is 5.85. The summed E-state index contributed by atoms with van der Waals surface area (Å²) in [5.74, 6) is -2.37. The number of nitrogens with zero attached hydrogens (tertiary/aromatic N) is 1. The molecule has 0 bridgehead atoms. The fraction of sp³-hybridized carbons (Fsp3) is 0.273. The smallest absolute Gasteiger partial charge is 0.327 e. The van der Waals surface area contributed by atoms with E-state index in [0.29, 0.717) is 6.07 Å². The molecule has 1 heterocycles. The number of rotatable bonds is 2. The van der Waals surface area contributed by atoms with Gasteiger partial charge in [0.2, 0.25) is 0 Å². The lowest BCUT2D eigenvalue weighted by molar-refractivity contribution is -0.140. The van der Waals surface area contributed by atoms with E-state index in [0.717, 1.165) is 11.0 Å². The van der Waals surface area contributed by atoms with Crippen LogP contribution in [0.4, 0.5) is 19.3 Å². The lowest BCUT2D eigenvalue weighted by atomic mass is 10.3. The highest BCUT2D eigenvalue weighted by atomic mass is 79.9. The largest absolute Gasteiger partial charge is 0.480 e. The van der Waals surface area contributed by atoms with E-state index in [1.165, 1.54) is 11.8 Å². The molecule has 9 heteroatoms. The van der Waals surface area contributed by atoms with Crippen LogP contribution < -0.4 is 5.32 Å². The molecule has 1 atom stereocenters. The normalized spacial score (nSPS) is 18.1. The van der Waals surface area contributed by atoms with Crippen molar-refractivity contribution in [1.29, 1.82) is 0 Å². The Kier molecular flexibility index (Phi) is 4.48. The van der Waals surface area contributed by atoms with E-state index >= 15 is 0 Å². The van der Waals surface area contributed by atoms with Crippen LogP contribution in [0, 0.1) is 11.6 Å². The van der Waals surface area contributed by atoms with Crippen LogP contribution in [0.5, 0.6) is 0 Å². The minimum Gasteiger partial charge on any atom is -0.480 e. The predicted octanol–water partition coefficient (Wildman–Crippen LogP) is 2.72. The van der Waals surface area contributed by atoms with E-state index in [4.69, 9.17) is 5.11 Å². The van der Waals surface area contributed by atoms with Gasteiger partial charge in [0, 0.05) is 11.8 Å². The third-order valence-electron chi connectivity index (χ3n) is 2.68. The number of hydrogen-bond donors (Lipinski definition) is 2. The molecule has 0 spiro atoms. The van der Waals surface area contributed by atoms with Crippen molar-refractivity contribution < 1.29 is 23.5 Å². The van der Waals surface area contributed by atoms with Gasteiger partial charge in [-0.15, -0.1) is 11.8 Å². The van der Waals surface area contributed by atoms with Crippen LogP contribution in [-0.2, 0) is 4.79 Å². The zero-order chi connectivity index (χ0) is 14.9. The number of urea groups is 1. The van der Waals surface area contributed by atoms with Crippen LogP contribution in [0.2, 0.25) is 0 Å². The van der Waals surface area contributed by atoms with Crippen molar-refractivity contribution in [2.45, 2.75) is 6.04 Å². The topological polar surface area (TPSA) is 69.6 Å². The Labute approximate surface area is 125 Å². The lowest BCUT2D eigenvalue weighted by Crippen LogP contribution is -2.44. The van der Waals surface area contributed by atoms with Gasteiger partial charge in [0.15, 0.2) is 0 Å². The Bertz CT molecular complexity index is 573. The number of benzene rings is 1. The summed E-state index contributed by atoms with van der Waals surface area (Å²) in [6.45, 7) is 0. The number of amides is 2. The van der Waals surface area contributed by atoms with Gasteiger partial charge in [0.25, 0.3) is 0 Å². The van der Waals surface area contributed by atoms with Gasteiger partial charge in [-0.05, 0) is 22.0 Å². The average molecular weight is 367 g/mol. The summed E-state index contributed by atoms with van der Waals surface area (Å²) < 4.78 is 26.6. The van der Waals surface area contributed by atoms with Gasteiger partial charge in [-0.3, -0.25) is 0 Å². The Hall–Kier alpha value is -1.35. The SMILES string of the molecule is O=C(O)C1CSCN1C(=O)Nc1cc(Br)c(F)cc1F. The van der Waals surface area contributed by atoms with E-state index in [1.54, 1.807) is 0 Å². The summed E-state index contributed by atoms with van der Waals surface area (Å²) in [6.07, 6.45) is 0. The predicted molar refractivity (Wildman–Crippen MR) is 73.7 cm³/mol. The maximum atomic E-state index is 13.5. The number of carboxylic acid groups (broad SMARTS) is 1. The van der Waals surface area contributed by atoms with E-state index < -0.39 is 29.7 Å². The molecule has 20 heavy (non-hydrogen) atoms. The first-order chi connectivity index (χ1) is 9.40. The van der Waals surface area contributed by atoms with E-state index in [-0.39, 0.29) is 21.8 Å². The summed E-state index contributed by atoms with van der Waals surface area (Å²) in [6, 6.07) is 0.0287. The standard InChI is InChI=1S/C11H9BrF2N2O3S/c12-5-1-8(7(14)2-6(5)13)15-11(19)16-4-20-3-9(16)10(17)18/h1-2,9H,3-4H2,(H,15,19)(H,17,18). The van der Waals surface area contributed by atoms with Gasteiger partial charge < -0.3 is 15.3 Å². The number of anilines is 1. The fourth-order valence-electron chi connectivity index (χ4n) is 1.65. The number of nitrogens with one attached hydrogen (secondary N) is 1. The molecular weight excluding hydrogens is 358 g/mol. The minimum absolute atomic E-state index is 0.000202. The third kappa shape index (κ3) is 3.04. The molecule has 1 saturated heterocycles. The molecule has 0 saturated carbocycles. The number of hydrogen-bond acceptors (Lipinski definition) is 3. The van der Waals surface area contributed by atoms with Crippen molar-refractivity contribution in [1.82, 2.24) is 4.90 Å². The van der Waals surface area contributed by atoms with Gasteiger partial charge >= 0.3 is 12.0 Å². The second kappa shape index (κ2) is 5.96. The first-order valence-electron chi connectivity index (χ1n) is 5.43. The van der Waals surface area contributed by atoms with Crippen molar-refractivity contribution in [3.63, 3.8) is 0 Å². The Morgan fingerprint density at radius 2 is 2.10 bits per heavy atom. The zero-order valence-electron chi connectivity index (χ0n) is 9.90. The summed E-state index contributed by atoms with van der Waals surface area (Å²) in [4.78, 5) is 24.0. The maximum absolute atomic E-state index is 13.5. The summed E-state index contributed by atoms with van der Waals surface area (Å²) in [5.41, 5.74) is -0.218. The quantitative estimate of drug-likeness (QED) is 0.789. The molecule has 1 unspecified atom stereocenters. The number of halogens is 3. The molecule has 2 N–H and O–H groups in total. The molecule has 1 aromatic rings. The molecule has 0 aliphatic carbocycles. The summed E-state index contributed by atoms with van der Waals surface area (Å²) in [5, 5.41) is 11.2. The Balaban J connectivity index is 2.16. The number of thioether (sulfide) groups is 1. The summed E-state index contributed by atoms with van der Waals surface area (Å²) >= 11 is 4.17. The van der Waals surface area contributed by atoms with Crippen molar-refractivity contribution in [2.24, 2.45) is 0 Å². The van der Waals surface area contributed by atoms with Crippen molar-refractivity contribution >= 4 is 45.4 Å². The van der Waals surface area contributed by atoms with Gasteiger partial charge in [-0.1, -0.05) is 0 Å². The average Bonchev–Trinajstić information content (AvgIpc) is 2.85. The van der Waals surface area contributed by atoms with Crippen LogP contribution in [0.1, 0.15) is 0 Å². The first kappa shape index (κ1) is 15.0. The lowest BCUT2D eigenvalue weighted by Gasteiger charge is -2.21. The van der Waals surface area contributed by atoms with Gasteiger partial charge in [0.05, 0.1) is 16.0 Å². The fourth-order valence-corrected chi connectivity index (χ4v) is 3.14. The van der Waals surface area contributed by atoms with Gasteiger partial charge in [0.1, 0.15) is 17.7 Å². The highest BCUT2D eigenvalue weighted by Crippen LogP contribution is 2.26. The maximum Gasteiger partial charge on any atom is 0.327 e. The third-order valence-corrected chi connectivity index (χ3v) is 4.30. The molecule has 1 aromatic carbocycles. The van der Waals surface area contributed by atoms with Crippen molar-refractivity contribution in [3.05, 3.63) is 28.2 Å². The van der Waals surface area contributed by atoms with Crippen LogP contribution in [-0.4, -0.2) is 39.7 Å². The van der Waals surface area contributed by atoms with Crippen LogP contribution in [0.15, 0.2) is 16.6 Å². The number of aliphatic carboxylic acids is 1. The molecule has 1 aliphatic rings. The van der Waals surface area contributed by atoms with E-state index in [2.05, 4.69) is 21.2 Å². The highest BCUT2D eigenvalue weighted by molar-refractivity contribution is 9.10. The minimum atomic E-state index is -1.12. The van der Waals surface area contributed by atoms with Crippen LogP contribution >= 0.6 is 27.7 Å². The number of carboxylic acids is 1. The zero-order valence-corrected chi connectivity index (χ0v) is 12.3. The number of carbonyl (C=O) groups excluding carboxylic acids is 1. The molecule has 2 amide bonds. The molecule has 0 radical (unpaired) electrons. The van der Waals surface area contributed by atoms with Crippen molar-refractivity contribution in [2.75, 3.05) is 16.9 Å². The molecule has 1 aliphatic heterocycles. The van der Waals surface area contributed by atoms with Crippen LogP contribution in [0.3, 0.4) is 0 Å².